The van der Waals surface area contributed by atoms with Crippen LogP contribution in [0.1, 0.15) is 40.2 Å². The van der Waals surface area contributed by atoms with Gasteiger partial charge in [-0.2, -0.15) is 0 Å². The minimum Gasteiger partial charge on any atom is -0.299 e. The maximum atomic E-state index is 13.1. The first-order valence-corrected chi connectivity index (χ1v) is 9.64. The highest BCUT2D eigenvalue weighted by Crippen LogP contribution is 2.24. The number of rotatable bonds is 6. The summed E-state index contributed by atoms with van der Waals surface area (Å²) in [6, 6.07) is 7.09. The number of nitrogens with zero attached hydrogens (tertiary/aromatic N) is 4. The first-order chi connectivity index (χ1) is 14.0. The van der Waals surface area contributed by atoms with E-state index >= 15 is 0 Å². The maximum absolute atomic E-state index is 13.1. The van der Waals surface area contributed by atoms with Gasteiger partial charge in [0.1, 0.15) is 11.6 Å². The number of aromatic nitrogens is 3. The topological polar surface area (TPSA) is 68.1 Å². The summed E-state index contributed by atoms with van der Waals surface area (Å²) in [5.74, 6) is -0.459. The third-order valence-electron chi connectivity index (χ3n) is 4.78. The lowest BCUT2D eigenvalue weighted by molar-refractivity contribution is -0.118. The van der Waals surface area contributed by atoms with E-state index in [4.69, 9.17) is 11.6 Å². The molecule has 29 heavy (non-hydrogen) atoms. The second-order valence-corrected chi connectivity index (χ2v) is 7.39. The van der Waals surface area contributed by atoms with Gasteiger partial charge in [-0.05, 0) is 43.2 Å². The Hall–Kier alpha value is -2.99. The number of ketones is 1. The Morgan fingerprint density at radius 1 is 1.17 bits per heavy atom. The monoisotopic (exact) mass is 408 g/mol. The molecule has 0 bridgehead atoms. The van der Waals surface area contributed by atoms with Crippen LogP contribution in [0, 0.1) is 12.7 Å². The molecule has 0 N–H and O–H groups in total. The molecule has 4 heterocycles. The molecule has 1 aliphatic heterocycles. The van der Waals surface area contributed by atoms with Crippen LogP contribution in [0.3, 0.4) is 0 Å². The predicted molar refractivity (Wildman–Crippen MR) is 109 cm³/mol. The van der Waals surface area contributed by atoms with E-state index in [0.717, 1.165) is 34.3 Å². The first-order valence-electron chi connectivity index (χ1n) is 9.27. The summed E-state index contributed by atoms with van der Waals surface area (Å²) in [6.07, 6.45) is 5.55. The molecule has 0 fully saturated rings. The van der Waals surface area contributed by atoms with Crippen molar-refractivity contribution in [2.45, 2.75) is 32.7 Å². The van der Waals surface area contributed by atoms with Crippen LogP contribution < -0.4 is 0 Å². The predicted octanol–water partition coefficient (Wildman–Crippen LogP) is 4.07. The molecule has 0 aromatic carbocycles. The number of carbonyl (C=O) groups is 1. The van der Waals surface area contributed by atoms with E-state index in [-0.39, 0.29) is 23.6 Å². The van der Waals surface area contributed by atoms with E-state index in [2.05, 4.69) is 19.9 Å². The molecule has 5 nitrogen and oxygen atoms in total. The van der Waals surface area contributed by atoms with Crippen LogP contribution in [0.25, 0.3) is 0 Å². The molecule has 0 aliphatic carbocycles. The lowest BCUT2D eigenvalue weighted by atomic mass is 10.0. The lowest BCUT2D eigenvalue weighted by Crippen LogP contribution is -2.09. The number of aliphatic imine (C=N–C) groups is 1. The van der Waals surface area contributed by atoms with E-state index in [0.29, 0.717) is 24.4 Å². The van der Waals surface area contributed by atoms with Crippen LogP contribution >= 0.6 is 11.6 Å². The minimum atomic E-state index is -0.490. The standard InChI is InChI=1S/C22H18ClFN4O/c1-13-6-14(4-5-25-13)22-19-12-26-17(7-15(19)10-28-22)9-18(29)2-3-21-20(23)8-16(24)11-27-21/h4-8,11-12H,2-3,9-10H2,1H3. The second kappa shape index (κ2) is 8.17. The third kappa shape index (κ3) is 4.38. The molecular weight excluding hydrogens is 391 g/mol. The molecule has 7 heteroatoms. The molecule has 0 unspecified atom stereocenters. The smallest absolute Gasteiger partial charge is 0.142 e. The van der Waals surface area contributed by atoms with Crippen molar-refractivity contribution in [1.82, 2.24) is 15.0 Å². The first kappa shape index (κ1) is 19.3. The number of hydrogen-bond acceptors (Lipinski definition) is 5. The van der Waals surface area contributed by atoms with E-state index in [1.165, 1.54) is 6.07 Å². The third-order valence-corrected chi connectivity index (χ3v) is 5.11. The van der Waals surface area contributed by atoms with E-state index in [1.807, 2.05) is 25.1 Å². The fourth-order valence-electron chi connectivity index (χ4n) is 3.35. The normalized spacial score (nSPS) is 12.6. The lowest BCUT2D eigenvalue weighted by Gasteiger charge is -2.07. The van der Waals surface area contributed by atoms with Crippen molar-refractivity contribution in [3.05, 3.63) is 87.5 Å². The molecule has 0 amide bonds. The van der Waals surface area contributed by atoms with Crippen molar-refractivity contribution in [3.63, 3.8) is 0 Å². The Morgan fingerprint density at radius 3 is 2.83 bits per heavy atom. The molecule has 146 valence electrons. The molecule has 1 aliphatic rings. The van der Waals surface area contributed by atoms with E-state index in [9.17, 15) is 9.18 Å². The number of pyridine rings is 3. The van der Waals surface area contributed by atoms with Crippen molar-refractivity contribution in [2.75, 3.05) is 0 Å². The zero-order valence-electron chi connectivity index (χ0n) is 15.8. The van der Waals surface area contributed by atoms with Gasteiger partial charge in [0.25, 0.3) is 0 Å². The summed E-state index contributed by atoms with van der Waals surface area (Å²) in [7, 11) is 0. The largest absolute Gasteiger partial charge is 0.299 e. The Balaban J connectivity index is 1.42. The van der Waals surface area contributed by atoms with Gasteiger partial charge in [0.15, 0.2) is 0 Å². The van der Waals surface area contributed by atoms with Crippen LogP contribution in [0.2, 0.25) is 5.02 Å². The highest BCUT2D eigenvalue weighted by Gasteiger charge is 2.19. The molecular formula is C22H18ClFN4O. The Morgan fingerprint density at radius 2 is 2.03 bits per heavy atom. The molecule has 0 spiro atoms. The average molecular weight is 409 g/mol. The average Bonchev–Trinajstić information content (AvgIpc) is 3.10. The van der Waals surface area contributed by atoms with Gasteiger partial charge in [-0.3, -0.25) is 24.7 Å². The highest BCUT2D eigenvalue weighted by molar-refractivity contribution is 6.31. The number of carbonyl (C=O) groups excluding carboxylic acids is 1. The van der Waals surface area contributed by atoms with Crippen molar-refractivity contribution in [3.8, 4) is 0 Å². The van der Waals surface area contributed by atoms with Crippen molar-refractivity contribution in [2.24, 2.45) is 4.99 Å². The Bertz CT molecular complexity index is 1130. The fraction of sp³-hybridized carbons (Fsp3) is 0.227. The number of aryl methyl sites for hydroxylation is 2. The SMILES string of the molecule is Cc1cc(C2=NCc3cc(CC(=O)CCc4ncc(F)cc4Cl)ncc32)ccn1. The van der Waals surface area contributed by atoms with Crippen molar-refractivity contribution < 1.29 is 9.18 Å². The Kier molecular flexibility index (Phi) is 5.45. The zero-order valence-corrected chi connectivity index (χ0v) is 16.6. The van der Waals surface area contributed by atoms with Crippen molar-refractivity contribution in [1.29, 1.82) is 0 Å². The van der Waals surface area contributed by atoms with Gasteiger partial charge >= 0.3 is 0 Å². The van der Waals surface area contributed by atoms with Gasteiger partial charge in [0, 0.05) is 47.8 Å². The zero-order chi connectivity index (χ0) is 20.4. The van der Waals surface area contributed by atoms with Gasteiger partial charge < -0.3 is 0 Å². The fourth-order valence-corrected chi connectivity index (χ4v) is 3.60. The molecule has 0 radical (unpaired) electrons. The van der Waals surface area contributed by atoms with E-state index < -0.39 is 5.82 Å². The maximum Gasteiger partial charge on any atom is 0.142 e. The minimum absolute atomic E-state index is 0.0311. The molecule has 3 aromatic rings. The van der Waals surface area contributed by atoms with Gasteiger partial charge in [0.05, 0.1) is 29.2 Å². The Labute approximate surface area is 172 Å². The number of halogens is 2. The summed E-state index contributed by atoms with van der Waals surface area (Å²) in [4.78, 5) is 29.6. The van der Waals surface area contributed by atoms with Crippen LogP contribution in [0.15, 0.2) is 47.8 Å². The summed E-state index contributed by atoms with van der Waals surface area (Å²) in [5, 5.41) is 0.240. The van der Waals surface area contributed by atoms with Gasteiger partial charge in [-0.1, -0.05) is 11.6 Å². The van der Waals surface area contributed by atoms with Crippen LogP contribution in [-0.2, 0) is 24.2 Å². The van der Waals surface area contributed by atoms with Gasteiger partial charge in [-0.25, -0.2) is 4.39 Å². The highest BCUT2D eigenvalue weighted by atomic mass is 35.5. The van der Waals surface area contributed by atoms with Gasteiger partial charge in [-0.15, -0.1) is 0 Å². The molecule has 4 rings (SSSR count). The summed E-state index contributed by atoms with van der Waals surface area (Å²) in [5.41, 5.74) is 6.16. The molecule has 3 aromatic heterocycles. The second-order valence-electron chi connectivity index (χ2n) is 6.98. The quantitative estimate of drug-likeness (QED) is 0.616. The molecule has 0 saturated heterocycles. The number of Topliss-reactive ketones (excluding diaryl/α,β-unsaturated/α-hetero) is 1. The summed E-state index contributed by atoms with van der Waals surface area (Å²) in [6.45, 7) is 2.52. The molecule has 0 saturated carbocycles. The molecule has 0 atom stereocenters. The van der Waals surface area contributed by atoms with Gasteiger partial charge in [0.2, 0.25) is 0 Å². The van der Waals surface area contributed by atoms with Crippen LogP contribution in [0.4, 0.5) is 4.39 Å². The number of hydrogen-bond donors (Lipinski definition) is 0. The van der Waals surface area contributed by atoms with E-state index in [1.54, 1.807) is 12.4 Å². The van der Waals surface area contributed by atoms with Crippen molar-refractivity contribution >= 4 is 23.1 Å². The van der Waals surface area contributed by atoms with Crippen LogP contribution in [-0.4, -0.2) is 26.4 Å². The van der Waals surface area contributed by atoms with Crippen LogP contribution in [0.5, 0.6) is 0 Å². The summed E-state index contributed by atoms with van der Waals surface area (Å²) >= 11 is 5.97. The summed E-state index contributed by atoms with van der Waals surface area (Å²) < 4.78 is 13.1. The number of fused-ring (bicyclic) bond motifs is 1.